The van der Waals surface area contributed by atoms with Crippen LogP contribution in [0.1, 0.15) is 33.6 Å². The molecule has 6 nitrogen and oxygen atoms in total. The Hall–Kier alpha value is -1.40. The molecule has 6 heteroatoms. The van der Waals surface area contributed by atoms with Crippen molar-refractivity contribution in [3.63, 3.8) is 0 Å². The van der Waals surface area contributed by atoms with E-state index < -0.39 is 11.5 Å². The Balaban J connectivity index is 4.59. The van der Waals surface area contributed by atoms with Crippen LogP contribution in [0.15, 0.2) is 12.7 Å². The van der Waals surface area contributed by atoms with Crippen molar-refractivity contribution >= 4 is 11.8 Å². The van der Waals surface area contributed by atoms with Crippen LogP contribution in [0.25, 0.3) is 0 Å². The summed E-state index contributed by atoms with van der Waals surface area (Å²) in [5.74, 6) is -1.13. The third-order valence-electron chi connectivity index (χ3n) is 2.79. The molecule has 0 spiro atoms. The minimum absolute atomic E-state index is 0.0176. The maximum Gasteiger partial charge on any atom is 0.224 e. The van der Waals surface area contributed by atoms with Crippen molar-refractivity contribution in [1.29, 1.82) is 0 Å². The van der Waals surface area contributed by atoms with Crippen molar-refractivity contribution in [3.8, 4) is 0 Å². The number of carbonyl (C=O) groups excluding carboxylic acids is 2. The fourth-order valence-corrected chi connectivity index (χ4v) is 1.56. The summed E-state index contributed by atoms with van der Waals surface area (Å²) in [4.78, 5) is 23.9. The molecule has 0 radical (unpaired) electrons. The Bertz CT molecular complexity index is 342. The highest BCUT2D eigenvalue weighted by Crippen LogP contribution is 2.12. The van der Waals surface area contributed by atoms with Gasteiger partial charge in [-0.05, 0) is 27.2 Å². The second-order valence-corrected chi connectivity index (χ2v) is 5.61. The van der Waals surface area contributed by atoms with E-state index in [4.69, 9.17) is 10.2 Å². The first-order chi connectivity index (χ1) is 9.25. The van der Waals surface area contributed by atoms with Crippen LogP contribution in [0.5, 0.6) is 0 Å². The molecule has 20 heavy (non-hydrogen) atoms. The number of nitrogens with one attached hydrogen (secondary N) is 2. The van der Waals surface area contributed by atoms with Gasteiger partial charge in [-0.25, -0.2) is 0 Å². The maximum atomic E-state index is 12.1. The molecular formula is C14H26N2O4. The van der Waals surface area contributed by atoms with Gasteiger partial charge in [0.05, 0.1) is 24.7 Å². The van der Waals surface area contributed by atoms with E-state index in [9.17, 15) is 9.59 Å². The Morgan fingerprint density at radius 3 is 2.40 bits per heavy atom. The molecule has 0 aliphatic carbocycles. The summed E-state index contributed by atoms with van der Waals surface area (Å²) in [6.07, 6.45) is 1.97. The topological polar surface area (TPSA) is 98.7 Å². The van der Waals surface area contributed by atoms with Crippen LogP contribution in [0.3, 0.4) is 0 Å². The number of amides is 2. The molecule has 0 fully saturated rings. The molecular weight excluding hydrogens is 260 g/mol. The first kappa shape index (κ1) is 18.6. The highest BCUT2D eigenvalue weighted by molar-refractivity contribution is 5.86. The predicted octanol–water partition coefficient (Wildman–Crippen LogP) is -0.0471. The summed E-state index contributed by atoms with van der Waals surface area (Å²) in [7, 11) is 0. The van der Waals surface area contributed by atoms with Crippen LogP contribution in [-0.2, 0) is 9.59 Å². The summed E-state index contributed by atoms with van der Waals surface area (Å²) in [6, 6.07) is -0.344. The third-order valence-corrected chi connectivity index (χ3v) is 2.79. The normalized spacial score (nSPS) is 14.2. The van der Waals surface area contributed by atoms with E-state index in [1.54, 1.807) is 26.8 Å². The average Bonchev–Trinajstić information content (AvgIpc) is 2.37. The van der Waals surface area contributed by atoms with Crippen LogP contribution in [0.2, 0.25) is 0 Å². The lowest BCUT2D eigenvalue weighted by Crippen LogP contribution is -2.49. The molecule has 0 aromatic carbocycles. The van der Waals surface area contributed by atoms with Gasteiger partial charge in [-0.15, -0.1) is 6.58 Å². The number of rotatable bonds is 9. The Labute approximate surface area is 120 Å². The SMILES string of the molecule is C=CCC(CC(=O)NC(C)CO)C(=O)NC(C)(C)CO. The molecule has 0 aromatic rings. The molecule has 0 rings (SSSR count). The lowest BCUT2D eigenvalue weighted by Gasteiger charge is -2.26. The molecule has 0 bridgehead atoms. The molecule has 4 N–H and O–H groups in total. The van der Waals surface area contributed by atoms with Gasteiger partial charge in [0.15, 0.2) is 0 Å². The van der Waals surface area contributed by atoms with Crippen molar-refractivity contribution in [2.45, 2.75) is 45.2 Å². The number of hydrogen-bond donors (Lipinski definition) is 4. The van der Waals surface area contributed by atoms with Gasteiger partial charge in [-0.3, -0.25) is 9.59 Å². The van der Waals surface area contributed by atoms with E-state index in [2.05, 4.69) is 17.2 Å². The molecule has 2 unspecified atom stereocenters. The minimum atomic E-state index is -0.731. The van der Waals surface area contributed by atoms with E-state index in [1.165, 1.54) is 0 Å². The molecule has 0 saturated heterocycles. The van der Waals surface area contributed by atoms with Crippen molar-refractivity contribution in [2.24, 2.45) is 5.92 Å². The molecule has 0 heterocycles. The zero-order valence-electron chi connectivity index (χ0n) is 12.5. The van der Waals surface area contributed by atoms with Gasteiger partial charge in [-0.1, -0.05) is 6.08 Å². The zero-order chi connectivity index (χ0) is 15.8. The second kappa shape index (κ2) is 8.71. The molecule has 116 valence electrons. The first-order valence-corrected chi connectivity index (χ1v) is 6.69. The van der Waals surface area contributed by atoms with Crippen molar-refractivity contribution in [2.75, 3.05) is 13.2 Å². The molecule has 2 amide bonds. The van der Waals surface area contributed by atoms with Crippen LogP contribution in [0.4, 0.5) is 0 Å². The number of aliphatic hydroxyl groups is 2. The van der Waals surface area contributed by atoms with Crippen molar-refractivity contribution in [3.05, 3.63) is 12.7 Å². The fraction of sp³-hybridized carbons (Fsp3) is 0.714. The summed E-state index contributed by atoms with van der Waals surface area (Å²) < 4.78 is 0. The van der Waals surface area contributed by atoms with E-state index in [1.807, 2.05) is 0 Å². The van der Waals surface area contributed by atoms with E-state index in [0.717, 1.165) is 0 Å². The fourth-order valence-electron chi connectivity index (χ4n) is 1.56. The quantitative estimate of drug-likeness (QED) is 0.447. The van der Waals surface area contributed by atoms with Gasteiger partial charge >= 0.3 is 0 Å². The second-order valence-electron chi connectivity index (χ2n) is 5.61. The zero-order valence-corrected chi connectivity index (χ0v) is 12.5. The smallest absolute Gasteiger partial charge is 0.224 e. The molecule has 2 atom stereocenters. The molecule has 0 saturated carbocycles. The summed E-state index contributed by atoms with van der Waals surface area (Å²) in [5.41, 5.74) is -0.731. The summed E-state index contributed by atoms with van der Waals surface area (Å²) >= 11 is 0. The third kappa shape index (κ3) is 7.25. The van der Waals surface area contributed by atoms with Gasteiger partial charge in [0.2, 0.25) is 11.8 Å². The Morgan fingerprint density at radius 2 is 1.95 bits per heavy atom. The largest absolute Gasteiger partial charge is 0.394 e. The van der Waals surface area contributed by atoms with Crippen LogP contribution in [-0.4, -0.2) is 46.8 Å². The van der Waals surface area contributed by atoms with Crippen LogP contribution >= 0.6 is 0 Å². The number of hydrogen-bond acceptors (Lipinski definition) is 4. The maximum absolute atomic E-state index is 12.1. The van der Waals surface area contributed by atoms with E-state index in [-0.39, 0.29) is 37.5 Å². The lowest BCUT2D eigenvalue weighted by atomic mass is 9.97. The Morgan fingerprint density at radius 1 is 1.35 bits per heavy atom. The monoisotopic (exact) mass is 286 g/mol. The van der Waals surface area contributed by atoms with E-state index in [0.29, 0.717) is 6.42 Å². The van der Waals surface area contributed by atoms with Gasteiger partial charge in [-0.2, -0.15) is 0 Å². The highest BCUT2D eigenvalue weighted by Gasteiger charge is 2.26. The predicted molar refractivity (Wildman–Crippen MR) is 76.9 cm³/mol. The highest BCUT2D eigenvalue weighted by atomic mass is 16.3. The van der Waals surface area contributed by atoms with Crippen LogP contribution in [0, 0.1) is 5.92 Å². The van der Waals surface area contributed by atoms with Crippen molar-refractivity contribution < 1.29 is 19.8 Å². The van der Waals surface area contributed by atoms with Gasteiger partial charge < -0.3 is 20.8 Å². The van der Waals surface area contributed by atoms with Gasteiger partial charge in [0.1, 0.15) is 0 Å². The van der Waals surface area contributed by atoms with E-state index >= 15 is 0 Å². The van der Waals surface area contributed by atoms with Crippen LogP contribution < -0.4 is 10.6 Å². The summed E-state index contributed by atoms with van der Waals surface area (Å²) in [5, 5.41) is 23.3. The Kier molecular flexibility index (Phi) is 8.10. The molecule has 0 aliphatic rings. The minimum Gasteiger partial charge on any atom is -0.394 e. The first-order valence-electron chi connectivity index (χ1n) is 6.69. The van der Waals surface area contributed by atoms with Gasteiger partial charge in [0.25, 0.3) is 0 Å². The lowest BCUT2D eigenvalue weighted by molar-refractivity contribution is -0.132. The average molecular weight is 286 g/mol. The molecule has 0 aliphatic heterocycles. The summed E-state index contributed by atoms with van der Waals surface area (Å²) in [6.45, 7) is 8.32. The van der Waals surface area contributed by atoms with Gasteiger partial charge in [0, 0.05) is 12.5 Å². The molecule has 0 aromatic heterocycles. The number of aliphatic hydroxyl groups excluding tert-OH is 2. The van der Waals surface area contributed by atoms with Crippen molar-refractivity contribution in [1.82, 2.24) is 10.6 Å². The number of allylic oxidation sites excluding steroid dienone is 1. The standard InChI is InChI=1S/C14H26N2O4/c1-5-6-11(7-12(19)15-10(2)8-17)13(20)16-14(3,4)9-18/h5,10-11,17-18H,1,6-9H2,2-4H3,(H,15,19)(H,16,20). The number of carbonyl (C=O) groups is 2.